The average Bonchev–Trinajstić information content (AvgIpc) is 3.80. The summed E-state index contributed by atoms with van der Waals surface area (Å²) in [5.41, 5.74) is 8.50. The number of hydrogen-bond acceptors (Lipinski definition) is 4. The molecule has 1 atom stereocenters. The van der Waals surface area contributed by atoms with Gasteiger partial charge >= 0.3 is 0 Å². The van der Waals surface area contributed by atoms with Crippen molar-refractivity contribution < 1.29 is 24.5 Å². The van der Waals surface area contributed by atoms with Crippen molar-refractivity contribution in [2.45, 2.75) is 96.2 Å². The Morgan fingerprint density at radius 1 is 0.776 bits per heavy atom. The summed E-state index contributed by atoms with van der Waals surface area (Å²) in [6.07, 6.45) is 19.5. The monoisotopic (exact) mass is 842 g/mol. The third-order valence-electron chi connectivity index (χ3n) is 10.6. The smallest absolute Gasteiger partial charge is 0.141 e. The normalized spacial score (nSPS) is 16.2. The van der Waals surface area contributed by atoms with Gasteiger partial charge in [0, 0.05) is 37.9 Å². The van der Waals surface area contributed by atoms with E-state index in [-0.39, 0.29) is 20.1 Å². The van der Waals surface area contributed by atoms with Crippen LogP contribution in [0.25, 0.3) is 44.6 Å². The molecule has 2 aliphatic carbocycles. The quantitative estimate of drug-likeness (QED) is 0.124. The standard InChI is InChI=1S/C24H23N2O.C19H24NSi.Ir/c1-16(17-7-3-2-4-8-17)18-11-12-25-22(14-18)19-13-21-20-9-5-6-10-23(20)27-24(21)26-15-19;1-21(2,3)19-14-20-18(16-11-5-4-6-12-16)13-17(19)15-9-7-8-10-15;/h5-6,9-14,16-17H,2-4,7-8H2,1H3;4-6,11,13-15H,7-10H2,1-3H3;/q2*-1;. The maximum absolute atomic E-state index is 5.82. The van der Waals surface area contributed by atoms with E-state index in [2.05, 4.69) is 97.5 Å². The van der Waals surface area contributed by atoms with Crippen LogP contribution in [0, 0.1) is 18.2 Å². The number of aromatic nitrogens is 3. The van der Waals surface area contributed by atoms with Gasteiger partial charge in [-0.2, -0.15) is 0 Å². The van der Waals surface area contributed by atoms with Crippen LogP contribution in [-0.2, 0) is 20.1 Å². The average molecular weight is 842 g/mol. The summed E-state index contributed by atoms with van der Waals surface area (Å²) in [6.45, 7) is 9.65. The number of benzene rings is 2. The van der Waals surface area contributed by atoms with Gasteiger partial charge in [-0.15, -0.1) is 47.5 Å². The second kappa shape index (κ2) is 15.6. The van der Waals surface area contributed by atoms with Gasteiger partial charge in [0.1, 0.15) is 11.3 Å². The molecular formula is C43H47IrN3OSi-2. The predicted molar refractivity (Wildman–Crippen MR) is 201 cm³/mol. The molecule has 0 N–H and O–H groups in total. The van der Waals surface area contributed by atoms with E-state index in [4.69, 9.17) is 9.40 Å². The molecule has 2 aliphatic rings. The Morgan fingerprint density at radius 3 is 2.27 bits per heavy atom. The first-order valence-electron chi connectivity index (χ1n) is 18.0. The molecule has 2 saturated carbocycles. The van der Waals surface area contributed by atoms with Crippen LogP contribution < -0.4 is 5.19 Å². The molecule has 255 valence electrons. The van der Waals surface area contributed by atoms with E-state index in [1.807, 2.05) is 36.5 Å². The Morgan fingerprint density at radius 2 is 1.51 bits per heavy atom. The Labute approximate surface area is 306 Å². The molecule has 0 amide bonds. The third-order valence-corrected chi connectivity index (χ3v) is 12.7. The topological polar surface area (TPSA) is 51.8 Å². The molecule has 0 aliphatic heterocycles. The number of para-hydroxylation sites is 1. The zero-order valence-corrected chi connectivity index (χ0v) is 32.7. The first-order valence-corrected chi connectivity index (χ1v) is 21.5. The molecule has 1 unspecified atom stereocenters. The number of pyridine rings is 3. The Bertz CT molecular complexity index is 1990. The van der Waals surface area contributed by atoms with Crippen molar-refractivity contribution in [1.29, 1.82) is 0 Å². The van der Waals surface area contributed by atoms with Crippen LogP contribution >= 0.6 is 0 Å². The second-order valence-electron chi connectivity index (χ2n) is 14.9. The molecule has 49 heavy (non-hydrogen) atoms. The van der Waals surface area contributed by atoms with E-state index in [1.54, 1.807) is 10.8 Å². The summed E-state index contributed by atoms with van der Waals surface area (Å²) in [5, 5.41) is 3.66. The minimum atomic E-state index is -1.34. The predicted octanol–water partition coefficient (Wildman–Crippen LogP) is 11.3. The molecule has 8 rings (SSSR count). The molecule has 4 nitrogen and oxygen atoms in total. The molecule has 0 spiro atoms. The van der Waals surface area contributed by atoms with Gasteiger partial charge in [0.25, 0.3) is 0 Å². The minimum absolute atomic E-state index is 0. The van der Waals surface area contributed by atoms with Crippen molar-refractivity contribution in [2.75, 3.05) is 0 Å². The number of fused-ring (bicyclic) bond motifs is 3. The molecule has 4 aromatic heterocycles. The molecule has 6 aromatic rings. The van der Waals surface area contributed by atoms with E-state index in [1.165, 1.54) is 63.4 Å². The second-order valence-corrected chi connectivity index (χ2v) is 20.0. The molecular weight excluding hydrogens is 795 g/mol. The van der Waals surface area contributed by atoms with Gasteiger partial charge in [-0.05, 0) is 83.7 Å². The minimum Gasteiger partial charge on any atom is -0.483 e. The van der Waals surface area contributed by atoms with Crippen LogP contribution in [0.2, 0.25) is 19.6 Å². The van der Waals surface area contributed by atoms with Crippen molar-refractivity contribution in [3.05, 3.63) is 109 Å². The summed E-state index contributed by atoms with van der Waals surface area (Å²) < 4.78 is 5.82. The number of rotatable bonds is 6. The van der Waals surface area contributed by atoms with Gasteiger partial charge in [-0.3, -0.25) is 0 Å². The summed E-state index contributed by atoms with van der Waals surface area (Å²) in [7, 11) is -1.34. The van der Waals surface area contributed by atoms with Gasteiger partial charge < -0.3 is 19.4 Å². The summed E-state index contributed by atoms with van der Waals surface area (Å²) >= 11 is 0. The zero-order chi connectivity index (χ0) is 33.1. The van der Waals surface area contributed by atoms with E-state index < -0.39 is 8.07 Å². The van der Waals surface area contributed by atoms with Crippen LogP contribution in [0.4, 0.5) is 0 Å². The molecule has 0 bridgehead atoms. The molecule has 0 saturated heterocycles. The molecule has 6 heteroatoms. The van der Waals surface area contributed by atoms with Gasteiger partial charge in [-0.25, -0.2) is 0 Å². The van der Waals surface area contributed by atoms with Gasteiger partial charge in [-0.1, -0.05) is 100 Å². The maximum atomic E-state index is 5.82. The summed E-state index contributed by atoms with van der Waals surface area (Å²) in [4.78, 5) is 13.8. The van der Waals surface area contributed by atoms with Crippen LogP contribution in [-0.4, -0.2) is 23.0 Å². The van der Waals surface area contributed by atoms with E-state index >= 15 is 0 Å². The van der Waals surface area contributed by atoms with Crippen LogP contribution in [0.15, 0.2) is 89.6 Å². The van der Waals surface area contributed by atoms with E-state index in [0.717, 1.165) is 50.7 Å². The number of hydrogen-bond donors (Lipinski definition) is 0. The largest absolute Gasteiger partial charge is 0.483 e. The first kappa shape index (κ1) is 35.4. The van der Waals surface area contributed by atoms with E-state index in [0.29, 0.717) is 11.6 Å². The molecule has 1 radical (unpaired) electrons. The van der Waals surface area contributed by atoms with Crippen molar-refractivity contribution >= 4 is 35.3 Å². The Kier molecular flexibility index (Phi) is 11.3. The van der Waals surface area contributed by atoms with Crippen molar-refractivity contribution in [2.24, 2.45) is 5.92 Å². The molecule has 2 fully saturated rings. The number of furan rings is 1. The van der Waals surface area contributed by atoms with Crippen LogP contribution in [0.1, 0.15) is 87.7 Å². The van der Waals surface area contributed by atoms with Gasteiger partial charge in [0.15, 0.2) is 0 Å². The van der Waals surface area contributed by atoms with Gasteiger partial charge in [0.2, 0.25) is 0 Å². The molecule has 4 heterocycles. The van der Waals surface area contributed by atoms with Crippen molar-refractivity contribution in [3.63, 3.8) is 0 Å². The maximum Gasteiger partial charge on any atom is 0.141 e. The van der Waals surface area contributed by atoms with Crippen molar-refractivity contribution in [1.82, 2.24) is 15.0 Å². The number of nitrogens with zero attached hydrogens (tertiary/aromatic N) is 3. The van der Waals surface area contributed by atoms with E-state index in [9.17, 15) is 0 Å². The van der Waals surface area contributed by atoms with Crippen molar-refractivity contribution in [3.8, 4) is 22.5 Å². The Balaban J connectivity index is 0.000000172. The summed E-state index contributed by atoms with van der Waals surface area (Å²) in [5.74, 6) is 2.10. The fourth-order valence-corrected chi connectivity index (χ4v) is 9.44. The summed E-state index contributed by atoms with van der Waals surface area (Å²) in [6, 6.07) is 28.4. The first-order chi connectivity index (χ1) is 23.3. The Hall–Kier alpha value is -3.44. The van der Waals surface area contributed by atoms with Crippen LogP contribution in [0.3, 0.4) is 0 Å². The fraction of sp³-hybridized carbons (Fsp3) is 0.372. The fourth-order valence-electron chi connectivity index (χ4n) is 7.85. The molecule has 2 aromatic carbocycles. The third kappa shape index (κ3) is 7.98. The SMILES string of the molecule is CC(c1ccnc(-c2[c-]nc3oc4ccccc4c3c2)c1)C1CCCCC1.C[Si](C)(C)c1cnc(-c2[c-]cccc2)cc1C1CCCC1.[Ir]. The van der Waals surface area contributed by atoms with Crippen LogP contribution in [0.5, 0.6) is 0 Å². The van der Waals surface area contributed by atoms with Gasteiger partial charge in [0.05, 0.1) is 8.07 Å². The zero-order valence-electron chi connectivity index (χ0n) is 29.3.